The molecule has 2 heterocycles. The zero-order chi connectivity index (χ0) is 14.3. The van der Waals surface area contributed by atoms with Crippen LogP contribution in [0, 0.1) is 13.8 Å². The summed E-state index contributed by atoms with van der Waals surface area (Å²) in [7, 11) is 0. The number of fused-ring (bicyclic) bond motifs is 1. The molecule has 1 aliphatic carbocycles. The lowest BCUT2D eigenvalue weighted by atomic mass is 9.97. The van der Waals surface area contributed by atoms with Crippen molar-refractivity contribution < 1.29 is 5.11 Å². The monoisotopic (exact) mass is 309 g/mol. The van der Waals surface area contributed by atoms with Gasteiger partial charge >= 0.3 is 0 Å². The first-order chi connectivity index (χ1) is 9.56. The minimum atomic E-state index is -0.249. The second-order valence-corrected chi connectivity index (χ2v) is 7.77. The minimum absolute atomic E-state index is 0.197. The van der Waals surface area contributed by atoms with E-state index in [1.807, 2.05) is 0 Å². The Morgan fingerprint density at radius 3 is 2.75 bits per heavy atom. The van der Waals surface area contributed by atoms with Crippen molar-refractivity contribution in [3.8, 4) is 0 Å². The van der Waals surface area contributed by atoms with Crippen molar-refractivity contribution in [2.45, 2.75) is 56.0 Å². The second kappa shape index (κ2) is 5.50. The summed E-state index contributed by atoms with van der Waals surface area (Å²) in [6.07, 6.45) is 3.94. The summed E-state index contributed by atoms with van der Waals surface area (Å²) in [5, 5.41) is 11.9. The van der Waals surface area contributed by atoms with Crippen LogP contribution in [0.4, 0.5) is 5.82 Å². The summed E-state index contributed by atoms with van der Waals surface area (Å²) < 4.78 is 0. The molecular formula is C14H19N3OS2. The maximum atomic E-state index is 10.1. The Labute approximate surface area is 126 Å². The third kappa shape index (κ3) is 2.52. The topological polar surface area (TPSA) is 72.0 Å². The zero-order valence-electron chi connectivity index (χ0n) is 11.7. The first kappa shape index (κ1) is 14.1. The fourth-order valence-electron chi connectivity index (χ4n) is 2.66. The van der Waals surface area contributed by atoms with Crippen LogP contribution < -0.4 is 5.73 Å². The molecule has 2 unspecified atom stereocenters. The van der Waals surface area contributed by atoms with Crippen LogP contribution in [0.1, 0.15) is 36.1 Å². The smallest absolute Gasteiger partial charge is 0.191 e. The molecule has 4 nitrogen and oxygen atoms in total. The van der Waals surface area contributed by atoms with Crippen LogP contribution in [-0.2, 0) is 0 Å². The van der Waals surface area contributed by atoms with E-state index in [9.17, 15) is 5.11 Å². The van der Waals surface area contributed by atoms with E-state index < -0.39 is 0 Å². The number of aryl methyl sites for hydroxylation is 2. The number of aliphatic hydroxyl groups excluding tert-OH is 1. The summed E-state index contributed by atoms with van der Waals surface area (Å²) in [4.78, 5) is 11.3. The van der Waals surface area contributed by atoms with Gasteiger partial charge in [0, 0.05) is 10.1 Å². The van der Waals surface area contributed by atoms with Gasteiger partial charge in [0.05, 0.1) is 11.5 Å². The van der Waals surface area contributed by atoms with Crippen LogP contribution in [0.2, 0.25) is 0 Å². The van der Waals surface area contributed by atoms with Crippen LogP contribution in [0.15, 0.2) is 5.16 Å². The number of thiophene rings is 1. The molecule has 1 saturated carbocycles. The van der Waals surface area contributed by atoms with Crippen molar-refractivity contribution >= 4 is 39.1 Å². The number of hydrogen-bond acceptors (Lipinski definition) is 6. The van der Waals surface area contributed by atoms with E-state index in [4.69, 9.17) is 5.73 Å². The average molecular weight is 309 g/mol. The zero-order valence-corrected chi connectivity index (χ0v) is 13.4. The fraction of sp³-hybridized carbons (Fsp3) is 0.571. The SMILES string of the molecule is Cc1sc2nc(SC3CCCCC3O)nc(N)c2c1C. The molecule has 1 fully saturated rings. The summed E-state index contributed by atoms with van der Waals surface area (Å²) in [5.41, 5.74) is 7.27. The number of anilines is 1. The molecule has 0 bridgehead atoms. The van der Waals surface area contributed by atoms with Gasteiger partial charge in [0.15, 0.2) is 5.16 Å². The third-order valence-electron chi connectivity index (χ3n) is 3.96. The quantitative estimate of drug-likeness (QED) is 0.833. The highest BCUT2D eigenvalue weighted by Crippen LogP contribution is 2.36. The predicted octanol–water partition coefficient (Wildman–Crippen LogP) is 3.29. The fourth-order valence-corrected chi connectivity index (χ4v) is 4.90. The Balaban J connectivity index is 1.92. The molecule has 1 aliphatic rings. The Morgan fingerprint density at radius 2 is 2.00 bits per heavy atom. The van der Waals surface area contributed by atoms with Gasteiger partial charge in [-0.2, -0.15) is 0 Å². The van der Waals surface area contributed by atoms with E-state index in [1.165, 1.54) is 16.9 Å². The van der Waals surface area contributed by atoms with Crippen molar-refractivity contribution in [2.24, 2.45) is 0 Å². The summed E-state index contributed by atoms with van der Waals surface area (Å²) in [6.45, 7) is 4.14. The first-order valence-corrected chi connectivity index (χ1v) is 8.64. The van der Waals surface area contributed by atoms with Crippen molar-refractivity contribution in [1.29, 1.82) is 0 Å². The third-order valence-corrected chi connectivity index (χ3v) is 6.31. The van der Waals surface area contributed by atoms with E-state index in [-0.39, 0.29) is 11.4 Å². The van der Waals surface area contributed by atoms with Gasteiger partial charge in [-0.05, 0) is 32.3 Å². The summed E-state index contributed by atoms with van der Waals surface area (Å²) in [5.74, 6) is 0.560. The highest BCUT2D eigenvalue weighted by Gasteiger charge is 2.25. The van der Waals surface area contributed by atoms with E-state index in [0.29, 0.717) is 11.0 Å². The molecule has 0 aliphatic heterocycles. The summed E-state index contributed by atoms with van der Waals surface area (Å²) >= 11 is 3.23. The lowest BCUT2D eigenvalue weighted by Gasteiger charge is -2.26. The van der Waals surface area contributed by atoms with Crippen LogP contribution in [0.5, 0.6) is 0 Å². The number of nitrogen functional groups attached to an aromatic ring is 1. The normalized spacial score (nSPS) is 23.4. The molecule has 0 amide bonds. The Hall–Kier alpha value is -0.850. The highest BCUT2D eigenvalue weighted by molar-refractivity contribution is 7.99. The number of nitrogens with zero attached hydrogens (tertiary/aromatic N) is 2. The molecule has 3 rings (SSSR count). The maximum absolute atomic E-state index is 10.1. The summed E-state index contributed by atoms with van der Waals surface area (Å²) in [6, 6.07) is 0. The molecule has 0 radical (unpaired) electrons. The van der Waals surface area contributed by atoms with Crippen LogP contribution in [-0.4, -0.2) is 26.4 Å². The number of rotatable bonds is 2. The molecule has 20 heavy (non-hydrogen) atoms. The molecular weight excluding hydrogens is 290 g/mol. The molecule has 0 spiro atoms. The molecule has 2 aromatic rings. The van der Waals surface area contributed by atoms with Crippen molar-refractivity contribution in [3.05, 3.63) is 10.4 Å². The van der Waals surface area contributed by atoms with E-state index in [2.05, 4.69) is 23.8 Å². The molecule has 0 aromatic carbocycles. The Bertz CT molecular complexity index is 641. The van der Waals surface area contributed by atoms with Gasteiger partial charge in [-0.25, -0.2) is 9.97 Å². The number of aromatic nitrogens is 2. The van der Waals surface area contributed by atoms with Gasteiger partial charge in [0.2, 0.25) is 0 Å². The van der Waals surface area contributed by atoms with Gasteiger partial charge in [-0.15, -0.1) is 11.3 Å². The van der Waals surface area contributed by atoms with Gasteiger partial charge in [0.25, 0.3) is 0 Å². The maximum Gasteiger partial charge on any atom is 0.191 e. The molecule has 0 saturated heterocycles. The van der Waals surface area contributed by atoms with Crippen LogP contribution in [0.25, 0.3) is 10.2 Å². The van der Waals surface area contributed by atoms with E-state index in [0.717, 1.165) is 29.5 Å². The highest BCUT2D eigenvalue weighted by atomic mass is 32.2. The van der Waals surface area contributed by atoms with Gasteiger partial charge in [-0.1, -0.05) is 24.6 Å². The van der Waals surface area contributed by atoms with Crippen molar-refractivity contribution in [1.82, 2.24) is 9.97 Å². The molecule has 3 N–H and O–H groups in total. The Morgan fingerprint density at radius 1 is 1.25 bits per heavy atom. The second-order valence-electron chi connectivity index (χ2n) is 5.36. The number of thioether (sulfide) groups is 1. The van der Waals surface area contributed by atoms with Gasteiger partial charge in [-0.3, -0.25) is 0 Å². The van der Waals surface area contributed by atoms with Crippen molar-refractivity contribution in [3.63, 3.8) is 0 Å². The molecule has 2 aromatic heterocycles. The number of nitrogens with two attached hydrogens (primary N) is 1. The van der Waals surface area contributed by atoms with Crippen LogP contribution >= 0.6 is 23.1 Å². The molecule has 108 valence electrons. The first-order valence-electron chi connectivity index (χ1n) is 6.94. The minimum Gasteiger partial charge on any atom is -0.392 e. The molecule has 6 heteroatoms. The van der Waals surface area contributed by atoms with Gasteiger partial charge in [0.1, 0.15) is 10.6 Å². The largest absolute Gasteiger partial charge is 0.392 e. The lowest BCUT2D eigenvalue weighted by molar-refractivity contribution is 0.137. The number of aliphatic hydroxyl groups is 1. The Kier molecular flexibility index (Phi) is 3.88. The van der Waals surface area contributed by atoms with E-state index in [1.54, 1.807) is 23.1 Å². The average Bonchev–Trinajstić information content (AvgIpc) is 2.68. The van der Waals surface area contributed by atoms with E-state index >= 15 is 0 Å². The number of hydrogen-bond donors (Lipinski definition) is 2. The van der Waals surface area contributed by atoms with Crippen LogP contribution in [0.3, 0.4) is 0 Å². The standard InChI is InChI=1S/C14H19N3OS2/c1-7-8(2)19-13-11(7)12(15)16-14(17-13)20-10-6-4-3-5-9(10)18/h9-10,18H,3-6H2,1-2H3,(H2,15,16,17). The van der Waals surface area contributed by atoms with Crippen molar-refractivity contribution in [2.75, 3.05) is 5.73 Å². The molecule has 2 atom stereocenters. The van der Waals surface area contributed by atoms with Gasteiger partial charge < -0.3 is 10.8 Å². The lowest BCUT2D eigenvalue weighted by Crippen LogP contribution is -2.26. The predicted molar refractivity (Wildman–Crippen MR) is 85.4 cm³/mol.